The lowest BCUT2D eigenvalue weighted by Gasteiger charge is -2.14. The summed E-state index contributed by atoms with van der Waals surface area (Å²) in [6.45, 7) is 0. The summed E-state index contributed by atoms with van der Waals surface area (Å²) in [4.78, 5) is 42.6. The molecule has 0 spiro atoms. The molecule has 0 aliphatic heterocycles. The Hall–Kier alpha value is -3.62. The van der Waals surface area contributed by atoms with Crippen molar-refractivity contribution in [2.24, 2.45) is 0 Å². The monoisotopic (exact) mass is 479 g/mol. The summed E-state index contributed by atoms with van der Waals surface area (Å²) < 4.78 is 6.45. The maximum Gasteiger partial charge on any atom is 0.266 e. The number of hydrogen-bond donors (Lipinski definition) is 1. The molecule has 0 fully saturated rings. The van der Waals surface area contributed by atoms with Crippen LogP contribution in [-0.4, -0.2) is 34.2 Å². The van der Waals surface area contributed by atoms with Crippen LogP contribution in [0.2, 0.25) is 5.02 Å². The number of methoxy groups -OCH3 is 1. The van der Waals surface area contributed by atoms with E-state index < -0.39 is 11.8 Å². The zero-order valence-corrected chi connectivity index (χ0v) is 19.0. The van der Waals surface area contributed by atoms with Crippen LogP contribution in [0.25, 0.3) is 16.6 Å². The average molecular weight is 480 g/mol. The zero-order valence-electron chi connectivity index (χ0n) is 17.4. The van der Waals surface area contributed by atoms with Crippen LogP contribution in [-0.2, 0) is 4.79 Å². The van der Waals surface area contributed by atoms with E-state index in [9.17, 15) is 14.4 Å². The van der Waals surface area contributed by atoms with Gasteiger partial charge in [0.05, 0.1) is 34.5 Å². The molecule has 0 unspecified atom stereocenters. The van der Waals surface area contributed by atoms with E-state index in [1.807, 2.05) is 0 Å². The van der Waals surface area contributed by atoms with Crippen molar-refractivity contribution in [3.05, 3.63) is 93.7 Å². The molecule has 4 rings (SSSR count). The van der Waals surface area contributed by atoms with Gasteiger partial charge in [-0.15, -0.1) is 0 Å². The van der Waals surface area contributed by atoms with Gasteiger partial charge in [-0.25, -0.2) is 4.98 Å². The lowest BCUT2D eigenvalue weighted by atomic mass is 10.2. The number of carbonyl (C=O) groups excluding carboxylic acids is 2. The maximum atomic E-state index is 13.2. The Bertz CT molecular complexity index is 1400. The van der Waals surface area contributed by atoms with E-state index in [1.165, 1.54) is 11.7 Å². The number of aromatic nitrogens is 2. The molecule has 4 aromatic rings. The second kappa shape index (κ2) is 9.89. The number of rotatable bonds is 6. The van der Waals surface area contributed by atoms with Crippen molar-refractivity contribution in [2.75, 3.05) is 12.9 Å². The lowest BCUT2D eigenvalue weighted by molar-refractivity contribution is -0.117. The number of fused-ring (bicyclic) bond motifs is 1. The minimum absolute atomic E-state index is 0.128. The normalized spacial score (nSPS) is 10.7. The van der Waals surface area contributed by atoms with Crippen molar-refractivity contribution < 1.29 is 14.3 Å². The SMILES string of the molecule is COc1ccc(C(=O)NC(=O)CSc2nc3ccccc3c(=O)n2-c2ccccc2Cl)cc1. The fourth-order valence-corrected chi connectivity index (χ4v) is 4.19. The number of thioether (sulfide) groups is 1. The predicted octanol–water partition coefficient (Wildman–Crippen LogP) is 4.10. The molecule has 3 aromatic carbocycles. The van der Waals surface area contributed by atoms with Crippen LogP contribution in [0.4, 0.5) is 0 Å². The molecule has 1 N–H and O–H groups in total. The largest absolute Gasteiger partial charge is 0.497 e. The Morgan fingerprint density at radius 3 is 2.45 bits per heavy atom. The average Bonchev–Trinajstić information content (AvgIpc) is 2.83. The highest BCUT2D eigenvalue weighted by atomic mass is 35.5. The van der Waals surface area contributed by atoms with Gasteiger partial charge in [0.1, 0.15) is 5.75 Å². The van der Waals surface area contributed by atoms with Crippen molar-refractivity contribution in [3.8, 4) is 11.4 Å². The number of ether oxygens (including phenoxy) is 1. The van der Waals surface area contributed by atoms with Gasteiger partial charge in [0.2, 0.25) is 5.91 Å². The molecule has 7 nitrogen and oxygen atoms in total. The third-order valence-electron chi connectivity index (χ3n) is 4.78. The predicted molar refractivity (Wildman–Crippen MR) is 129 cm³/mol. The standard InChI is InChI=1S/C24H18ClN3O4S/c1-32-16-12-10-15(11-13-16)22(30)27-21(29)14-33-24-26-19-8-4-2-6-17(19)23(31)28(24)20-9-5-3-7-18(20)25/h2-13H,14H2,1H3,(H,27,29,30). The van der Waals surface area contributed by atoms with Crippen molar-refractivity contribution in [1.82, 2.24) is 14.9 Å². The minimum atomic E-state index is -0.529. The van der Waals surface area contributed by atoms with Gasteiger partial charge >= 0.3 is 0 Å². The molecular formula is C24H18ClN3O4S. The number of carbonyl (C=O) groups is 2. The Kier molecular flexibility index (Phi) is 6.76. The van der Waals surface area contributed by atoms with Crippen LogP contribution < -0.4 is 15.6 Å². The van der Waals surface area contributed by atoms with Gasteiger partial charge < -0.3 is 4.74 Å². The Morgan fingerprint density at radius 1 is 1.03 bits per heavy atom. The number of nitrogens with one attached hydrogen (secondary N) is 1. The van der Waals surface area contributed by atoms with E-state index in [1.54, 1.807) is 72.8 Å². The number of imide groups is 1. The summed E-state index contributed by atoms with van der Waals surface area (Å²) >= 11 is 7.39. The van der Waals surface area contributed by atoms with Gasteiger partial charge in [0, 0.05) is 5.56 Å². The second-order valence-electron chi connectivity index (χ2n) is 6.90. The van der Waals surface area contributed by atoms with Crippen LogP contribution >= 0.6 is 23.4 Å². The van der Waals surface area contributed by atoms with Gasteiger partial charge in [-0.05, 0) is 48.5 Å². The third-order valence-corrected chi connectivity index (χ3v) is 6.03. The van der Waals surface area contributed by atoms with E-state index in [4.69, 9.17) is 16.3 Å². The van der Waals surface area contributed by atoms with Crippen molar-refractivity contribution in [2.45, 2.75) is 5.16 Å². The molecule has 0 bridgehead atoms. The maximum absolute atomic E-state index is 13.2. The number of hydrogen-bond acceptors (Lipinski definition) is 6. The first-order valence-electron chi connectivity index (χ1n) is 9.85. The number of nitrogens with zero attached hydrogens (tertiary/aromatic N) is 2. The summed E-state index contributed by atoms with van der Waals surface area (Å²) in [5.41, 5.74) is 0.986. The van der Waals surface area contributed by atoms with Crippen molar-refractivity contribution in [3.63, 3.8) is 0 Å². The molecule has 0 saturated carbocycles. The Morgan fingerprint density at radius 2 is 1.73 bits per heavy atom. The molecule has 0 aliphatic carbocycles. The van der Waals surface area contributed by atoms with Gasteiger partial charge in [-0.2, -0.15) is 0 Å². The fourth-order valence-electron chi connectivity index (χ4n) is 3.16. The van der Waals surface area contributed by atoms with Crippen LogP contribution in [0.5, 0.6) is 5.75 Å². The molecule has 33 heavy (non-hydrogen) atoms. The highest BCUT2D eigenvalue weighted by Gasteiger charge is 2.17. The van der Waals surface area contributed by atoms with Crippen LogP contribution in [0.1, 0.15) is 10.4 Å². The number of para-hydroxylation sites is 2. The van der Waals surface area contributed by atoms with Crippen LogP contribution in [0.3, 0.4) is 0 Å². The molecule has 2 amide bonds. The van der Waals surface area contributed by atoms with Crippen molar-refractivity contribution in [1.29, 1.82) is 0 Å². The molecule has 9 heteroatoms. The summed E-state index contributed by atoms with van der Waals surface area (Å²) in [5, 5.41) is 3.44. The van der Waals surface area contributed by atoms with Crippen LogP contribution in [0.15, 0.2) is 82.7 Å². The quantitative estimate of drug-likeness (QED) is 0.331. The van der Waals surface area contributed by atoms with Gasteiger partial charge in [0.15, 0.2) is 5.16 Å². The lowest BCUT2D eigenvalue weighted by Crippen LogP contribution is -2.32. The molecule has 0 aliphatic rings. The molecule has 166 valence electrons. The molecule has 1 aromatic heterocycles. The van der Waals surface area contributed by atoms with Crippen molar-refractivity contribution >= 4 is 46.1 Å². The second-order valence-corrected chi connectivity index (χ2v) is 8.25. The smallest absolute Gasteiger partial charge is 0.266 e. The number of halogens is 1. The van der Waals surface area contributed by atoms with E-state index in [2.05, 4.69) is 10.3 Å². The summed E-state index contributed by atoms with van der Waals surface area (Å²) in [6, 6.07) is 20.3. The molecular weight excluding hydrogens is 462 g/mol. The molecule has 0 radical (unpaired) electrons. The van der Waals surface area contributed by atoms with E-state index >= 15 is 0 Å². The van der Waals surface area contributed by atoms with Gasteiger partial charge in [-0.3, -0.25) is 24.3 Å². The Labute approximate surface area is 198 Å². The number of amides is 2. The first-order valence-corrected chi connectivity index (χ1v) is 11.2. The highest BCUT2D eigenvalue weighted by molar-refractivity contribution is 7.99. The third kappa shape index (κ3) is 4.92. The fraction of sp³-hybridized carbons (Fsp3) is 0.0833. The topological polar surface area (TPSA) is 90.3 Å². The first kappa shape index (κ1) is 22.6. The van der Waals surface area contributed by atoms with Gasteiger partial charge in [-0.1, -0.05) is 47.6 Å². The van der Waals surface area contributed by atoms with Crippen LogP contribution in [0, 0.1) is 0 Å². The first-order chi connectivity index (χ1) is 16.0. The molecule has 0 saturated heterocycles. The number of benzene rings is 3. The summed E-state index contributed by atoms with van der Waals surface area (Å²) in [5.74, 6) is -0.572. The molecule has 1 heterocycles. The minimum Gasteiger partial charge on any atom is -0.497 e. The summed E-state index contributed by atoms with van der Waals surface area (Å²) in [7, 11) is 1.53. The highest BCUT2D eigenvalue weighted by Crippen LogP contribution is 2.25. The Balaban J connectivity index is 1.59. The summed E-state index contributed by atoms with van der Waals surface area (Å²) in [6.07, 6.45) is 0. The van der Waals surface area contributed by atoms with E-state index in [0.717, 1.165) is 11.8 Å². The van der Waals surface area contributed by atoms with Gasteiger partial charge in [0.25, 0.3) is 11.5 Å². The zero-order chi connectivity index (χ0) is 23.4. The molecule has 0 atom stereocenters. The van der Waals surface area contributed by atoms with E-state index in [-0.39, 0.29) is 11.3 Å². The van der Waals surface area contributed by atoms with E-state index in [0.29, 0.717) is 38.1 Å².